The van der Waals surface area contributed by atoms with Crippen LogP contribution in [0, 0.1) is 6.92 Å². The maximum Gasteiger partial charge on any atom is 0.339 e. The molecule has 0 aliphatic rings. The van der Waals surface area contributed by atoms with Crippen molar-refractivity contribution in [1.29, 1.82) is 0 Å². The summed E-state index contributed by atoms with van der Waals surface area (Å²) in [5.74, 6) is -0.605. The van der Waals surface area contributed by atoms with Crippen LogP contribution in [-0.2, 0) is 0 Å². The number of imidazole rings is 1. The van der Waals surface area contributed by atoms with Gasteiger partial charge in [-0.1, -0.05) is 0 Å². The van der Waals surface area contributed by atoms with Gasteiger partial charge in [0.25, 0.3) is 0 Å². The van der Waals surface area contributed by atoms with E-state index >= 15 is 0 Å². The first-order valence-electron chi connectivity index (χ1n) is 4.38. The molecule has 0 aliphatic carbocycles. The maximum atomic E-state index is 11.0. The zero-order valence-electron chi connectivity index (χ0n) is 8.08. The first-order chi connectivity index (χ1) is 7.18. The molecule has 5 heteroatoms. The molecule has 0 saturated carbocycles. The van der Waals surface area contributed by atoms with Crippen LogP contribution in [0.2, 0.25) is 0 Å². The highest BCUT2D eigenvalue weighted by molar-refractivity contribution is 5.91. The van der Waals surface area contributed by atoms with Gasteiger partial charge in [0.15, 0.2) is 5.82 Å². The largest absolute Gasteiger partial charge is 0.478 e. The van der Waals surface area contributed by atoms with Gasteiger partial charge in [-0.05, 0) is 19.1 Å². The Kier molecular flexibility index (Phi) is 2.21. The number of nitrogens with zero attached hydrogens (tertiary/aromatic N) is 3. The summed E-state index contributed by atoms with van der Waals surface area (Å²) in [6, 6.07) is 3.21. The van der Waals surface area contributed by atoms with E-state index < -0.39 is 5.97 Å². The van der Waals surface area contributed by atoms with Gasteiger partial charge in [-0.15, -0.1) is 0 Å². The van der Waals surface area contributed by atoms with E-state index in [2.05, 4.69) is 9.97 Å². The van der Waals surface area contributed by atoms with Gasteiger partial charge in [0, 0.05) is 18.1 Å². The lowest BCUT2D eigenvalue weighted by Gasteiger charge is -2.06. The van der Waals surface area contributed by atoms with Crippen LogP contribution in [0.1, 0.15) is 16.1 Å². The lowest BCUT2D eigenvalue weighted by molar-refractivity contribution is 0.0696. The summed E-state index contributed by atoms with van der Waals surface area (Å²) in [6.45, 7) is 1.81. The zero-order chi connectivity index (χ0) is 10.8. The molecule has 2 rings (SSSR count). The van der Waals surface area contributed by atoms with Gasteiger partial charge in [-0.3, -0.25) is 4.57 Å². The highest BCUT2D eigenvalue weighted by Gasteiger charge is 2.12. The number of aromatic carboxylic acids is 1. The molecule has 5 nitrogen and oxygen atoms in total. The third-order valence-corrected chi connectivity index (χ3v) is 1.99. The molecule has 0 aromatic carbocycles. The molecular formula is C10H9N3O2. The van der Waals surface area contributed by atoms with Crippen LogP contribution in [0.5, 0.6) is 0 Å². The molecule has 0 aliphatic heterocycles. The predicted molar refractivity (Wildman–Crippen MR) is 53.1 cm³/mol. The first kappa shape index (κ1) is 9.39. The van der Waals surface area contributed by atoms with E-state index in [4.69, 9.17) is 5.11 Å². The van der Waals surface area contributed by atoms with Gasteiger partial charge in [-0.25, -0.2) is 14.8 Å². The number of carboxylic acids is 1. The van der Waals surface area contributed by atoms with Crippen molar-refractivity contribution < 1.29 is 9.90 Å². The summed E-state index contributed by atoms with van der Waals surface area (Å²) < 4.78 is 1.58. The summed E-state index contributed by atoms with van der Waals surface area (Å²) in [7, 11) is 0. The van der Waals surface area contributed by atoms with Crippen molar-refractivity contribution in [3.8, 4) is 5.82 Å². The van der Waals surface area contributed by atoms with E-state index in [1.807, 2.05) is 6.92 Å². The molecule has 2 aromatic rings. The SMILES string of the molecule is Cc1ccc(C(=O)O)c(-n2ccnc2)n1. The van der Waals surface area contributed by atoms with Gasteiger partial charge >= 0.3 is 5.97 Å². The van der Waals surface area contributed by atoms with Crippen molar-refractivity contribution in [1.82, 2.24) is 14.5 Å². The lowest BCUT2D eigenvalue weighted by atomic mass is 10.2. The van der Waals surface area contributed by atoms with E-state index in [0.29, 0.717) is 5.82 Å². The average Bonchev–Trinajstić information content (AvgIpc) is 2.69. The summed E-state index contributed by atoms with van der Waals surface area (Å²) in [5.41, 5.74) is 0.933. The Morgan fingerprint density at radius 2 is 2.27 bits per heavy atom. The number of aromatic nitrogens is 3. The van der Waals surface area contributed by atoms with Gasteiger partial charge in [-0.2, -0.15) is 0 Å². The van der Waals surface area contributed by atoms with Crippen LogP contribution in [-0.4, -0.2) is 25.6 Å². The zero-order valence-corrected chi connectivity index (χ0v) is 8.08. The molecule has 2 heterocycles. The molecular weight excluding hydrogens is 194 g/mol. The molecule has 0 saturated heterocycles. The molecule has 0 fully saturated rings. The average molecular weight is 203 g/mol. The summed E-state index contributed by atoms with van der Waals surface area (Å²) in [5, 5.41) is 8.98. The standard InChI is InChI=1S/C10H9N3O2/c1-7-2-3-8(10(14)15)9(12-7)13-5-4-11-6-13/h2-6H,1H3,(H,14,15). The smallest absolute Gasteiger partial charge is 0.339 e. The molecule has 76 valence electrons. The summed E-state index contributed by atoms with van der Waals surface area (Å²) in [4.78, 5) is 19.0. The van der Waals surface area contributed by atoms with Gasteiger partial charge in [0.2, 0.25) is 0 Å². The normalized spacial score (nSPS) is 10.2. The Bertz CT molecular complexity index is 491. The van der Waals surface area contributed by atoms with Crippen LogP contribution >= 0.6 is 0 Å². The van der Waals surface area contributed by atoms with Gasteiger partial charge < -0.3 is 5.11 Å². The fraction of sp³-hybridized carbons (Fsp3) is 0.100. The van der Waals surface area contributed by atoms with Crippen molar-refractivity contribution in [3.63, 3.8) is 0 Å². The number of carboxylic acid groups (broad SMARTS) is 1. The van der Waals surface area contributed by atoms with Crippen molar-refractivity contribution in [2.75, 3.05) is 0 Å². The fourth-order valence-electron chi connectivity index (χ4n) is 1.29. The highest BCUT2D eigenvalue weighted by atomic mass is 16.4. The molecule has 2 aromatic heterocycles. The third kappa shape index (κ3) is 1.71. The Balaban J connectivity index is 2.63. The minimum Gasteiger partial charge on any atom is -0.478 e. The van der Waals surface area contributed by atoms with E-state index in [1.54, 1.807) is 29.1 Å². The number of pyridine rings is 1. The number of hydrogen-bond acceptors (Lipinski definition) is 3. The number of aryl methyl sites for hydroxylation is 1. The van der Waals surface area contributed by atoms with E-state index in [0.717, 1.165) is 5.69 Å². The second-order valence-corrected chi connectivity index (χ2v) is 3.10. The molecule has 0 atom stereocenters. The van der Waals surface area contributed by atoms with E-state index in [-0.39, 0.29) is 5.56 Å². The van der Waals surface area contributed by atoms with Crippen molar-refractivity contribution in [3.05, 3.63) is 42.1 Å². The Morgan fingerprint density at radius 1 is 1.47 bits per heavy atom. The monoisotopic (exact) mass is 203 g/mol. The Morgan fingerprint density at radius 3 is 2.87 bits per heavy atom. The van der Waals surface area contributed by atoms with Crippen LogP contribution in [0.4, 0.5) is 0 Å². The van der Waals surface area contributed by atoms with Crippen molar-refractivity contribution in [2.24, 2.45) is 0 Å². The molecule has 0 spiro atoms. The van der Waals surface area contributed by atoms with Crippen molar-refractivity contribution in [2.45, 2.75) is 6.92 Å². The van der Waals surface area contributed by atoms with Crippen molar-refractivity contribution >= 4 is 5.97 Å². The molecule has 1 N–H and O–H groups in total. The van der Waals surface area contributed by atoms with E-state index in [1.165, 1.54) is 6.33 Å². The molecule has 0 unspecified atom stereocenters. The quantitative estimate of drug-likeness (QED) is 0.798. The minimum absolute atomic E-state index is 0.165. The van der Waals surface area contributed by atoms with Gasteiger partial charge in [0.1, 0.15) is 11.9 Å². The van der Waals surface area contributed by atoms with Crippen LogP contribution in [0.3, 0.4) is 0 Å². The second-order valence-electron chi connectivity index (χ2n) is 3.10. The molecule has 0 bridgehead atoms. The van der Waals surface area contributed by atoms with E-state index in [9.17, 15) is 4.79 Å². The third-order valence-electron chi connectivity index (χ3n) is 1.99. The van der Waals surface area contributed by atoms with Crippen LogP contribution in [0.25, 0.3) is 5.82 Å². The summed E-state index contributed by atoms with van der Waals surface area (Å²) in [6.07, 6.45) is 4.76. The fourth-order valence-corrected chi connectivity index (χ4v) is 1.29. The van der Waals surface area contributed by atoms with Crippen LogP contribution < -0.4 is 0 Å². The summed E-state index contributed by atoms with van der Waals surface area (Å²) >= 11 is 0. The number of rotatable bonds is 2. The Hall–Kier alpha value is -2.17. The maximum absolute atomic E-state index is 11.0. The minimum atomic E-state index is -0.994. The molecule has 0 amide bonds. The van der Waals surface area contributed by atoms with Gasteiger partial charge in [0.05, 0.1) is 0 Å². The lowest BCUT2D eigenvalue weighted by Crippen LogP contribution is -2.07. The Labute approximate surface area is 86.0 Å². The second kappa shape index (κ2) is 3.53. The topological polar surface area (TPSA) is 68.0 Å². The first-order valence-corrected chi connectivity index (χ1v) is 4.38. The molecule has 15 heavy (non-hydrogen) atoms. The van der Waals surface area contributed by atoms with Crippen LogP contribution in [0.15, 0.2) is 30.9 Å². The highest BCUT2D eigenvalue weighted by Crippen LogP contribution is 2.12. The number of hydrogen-bond donors (Lipinski definition) is 1. The molecule has 0 radical (unpaired) electrons. The number of carbonyl (C=O) groups is 1. The predicted octanol–water partition coefficient (Wildman–Crippen LogP) is 1.27.